The summed E-state index contributed by atoms with van der Waals surface area (Å²) in [5.41, 5.74) is 0. The van der Waals surface area contributed by atoms with Crippen LogP contribution in [0, 0.1) is 10.1 Å². The van der Waals surface area contributed by atoms with Crippen LogP contribution in [-0.4, -0.2) is 64.6 Å². The number of carboxylic acids is 2. The van der Waals surface area contributed by atoms with E-state index in [9.17, 15) is 10.1 Å². The van der Waals surface area contributed by atoms with E-state index >= 15 is 0 Å². The highest BCUT2D eigenvalue weighted by Gasteiger charge is 2.05. The summed E-state index contributed by atoms with van der Waals surface area (Å²) in [6.45, 7) is 1.49. The topological polar surface area (TPSA) is 146 Å². The molecule has 0 aromatic carbocycles. The van der Waals surface area contributed by atoms with E-state index in [-0.39, 0.29) is 0 Å². The van der Waals surface area contributed by atoms with Crippen molar-refractivity contribution in [2.45, 2.75) is 12.3 Å². The van der Waals surface area contributed by atoms with E-state index < -0.39 is 16.9 Å². The van der Waals surface area contributed by atoms with Gasteiger partial charge in [0.25, 0.3) is 6.20 Å². The van der Waals surface area contributed by atoms with Crippen molar-refractivity contribution in [1.82, 2.24) is 10.2 Å². The van der Waals surface area contributed by atoms with E-state index in [4.69, 9.17) is 24.2 Å². The molecule has 10 nitrogen and oxygen atoms in total. The van der Waals surface area contributed by atoms with E-state index in [0.29, 0.717) is 11.6 Å². The number of nitrogens with one attached hydrogen (secondary N) is 1. The van der Waals surface area contributed by atoms with Crippen LogP contribution in [0.1, 0.15) is 11.5 Å². The smallest absolute Gasteiger partial charge is 0.414 e. The number of furan rings is 1. The van der Waals surface area contributed by atoms with Gasteiger partial charge in [-0.2, -0.15) is 11.8 Å². The Kier molecular flexibility index (Phi) is 12.8. The molecule has 0 radical (unpaired) electrons. The van der Waals surface area contributed by atoms with Gasteiger partial charge in [0.15, 0.2) is 0 Å². The zero-order chi connectivity index (χ0) is 20.8. The average Bonchev–Trinajstić information content (AvgIpc) is 3.00. The predicted octanol–water partition coefficient (Wildman–Crippen LogP) is 1.76. The summed E-state index contributed by atoms with van der Waals surface area (Å²) in [7, 11) is 4.01. The summed E-state index contributed by atoms with van der Waals surface area (Å²) in [5.74, 6) is -0.0535. The van der Waals surface area contributed by atoms with Crippen molar-refractivity contribution in [2.75, 3.05) is 32.6 Å². The third kappa shape index (κ3) is 13.7. The Labute approximate surface area is 165 Å². The van der Waals surface area contributed by atoms with Crippen molar-refractivity contribution >= 4 is 35.5 Å². The standard InChI is InChI=1S/C13H21N3O3S2.C2H2O4/c1-15(2)8-11-4-5-12(19-11)10-21-7-6-14-13(20-3)9-16(17)18;3-1(4)2(5)6/h4-5,9,14H,6-8,10H2,1-3H3;(H,3,4)(H,5,6)/b13-9-;. The fraction of sp³-hybridized carbons (Fsp3) is 0.467. The monoisotopic (exact) mass is 421 g/mol. The molecule has 0 aliphatic carbocycles. The van der Waals surface area contributed by atoms with Gasteiger partial charge in [0.1, 0.15) is 16.5 Å². The van der Waals surface area contributed by atoms with E-state index in [0.717, 1.165) is 35.8 Å². The molecule has 0 spiro atoms. The number of nitrogens with zero attached hydrogens (tertiary/aromatic N) is 2. The molecule has 1 aromatic rings. The molecule has 152 valence electrons. The van der Waals surface area contributed by atoms with Gasteiger partial charge in [-0.15, -0.1) is 11.8 Å². The van der Waals surface area contributed by atoms with Gasteiger partial charge in [-0.3, -0.25) is 10.1 Å². The number of thioether (sulfide) groups is 2. The van der Waals surface area contributed by atoms with Crippen LogP contribution in [0.15, 0.2) is 27.8 Å². The first-order valence-corrected chi connectivity index (χ1v) is 9.93. The van der Waals surface area contributed by atoms with Gasteiger partial charge in [-0.1, -0.05) is 0 Å². The quantitative estimate of drug-likeness (QED) is 0.220. The average molecular weight is 421 g/mol. The molecule has 0 aliphatic heterocycles. The maximum Gasteiger partial charge on any atom is 0.414 e. The lowest BCUT2D eigenvalue weighted by Crippen LogP contribution is -2.15. The Hall–Kier alpha value is -2.18. The molecule has 3 N–H and O–H groups in total. The Bertz CT molecular complexity index is 635. The molecule has 0 fully saturated rings. The normalized spacial score (nSPS) is 10.9. The molecule has 12 heteroatoms. The Morgan fingerprint density at radius 3 is 2.37 bits per heavy atom. The number of carboxylic acid groups (broad SMARTS) is 2. The van der Waals surface area contributed by atoms with Crippen LogP contribution in [0.3, 0.4) is 0 Å². The van der Waals surface area contributed by atoms with Crippen LogP contribution in [0.5, 0.6) is 0 Å². The molecular weight excluding hydrogens is 398 g/mol. The Morgan fingerprint density at radius 1 is 1.30 bits per heavy atom. The van der Waals surface area contributed by atoms with Gasteiger partial charge in [-0.25, -0.2) is 9.59 Å². The second-order valence-corrected chi connectivity index (χ2v) is 7.13. The van der Waals surface area contributed by atoms with E-state index in [1.54, 1.807) is 11.8 Å². The lowest BCUT2D eigenvalue weighted by molar-refractivity contribution is -0.403. The molecule has 0 amide bonds. The van der Waals surface area contributed by atoms with E-state index in [2.05, 4.69) is 10.2 Å². The van der Waals surface area contributed by atoms with Crippen LogP contribution in [0.2, 0.25) is 0 Å². The number of rotatable bonds is 10. The molecule has 0 aliphatic rings. The van der Waals surface area contributed by atoms with Gasteiger partial charge in [0.2, 0.25) is 0 Å². The number of nitro groups is 1. The summed E-state index contributed by atoms with van der Waals surface area (Å²) in [4.78, 5) is 30.2. The summed E-state index contributed by atoms with van der Waals surface area (Å²) in [5, 5.41) is 28.8. The summed E-state index contributed by atoms with van der Waals surface area (Å²) >= 11 is 3.07. The molecule has 27 heavy (non-hydrogen) atoms. The third-order valence-electron chi connectivity index (χ3n) is 2.60. The molecule has 0 saturated heterocycles. The van der Waals surface area contributed by atoms with Crippen LogP contribution in [0.4, 0.5) is 0 Å². The van der Waals surface area contributed by atoms with Crippen molar-refractivity contribution < 1.29 is 29.1 Å². The van der Waals surface area contributed by atoms with Crippen molar-refractivity contribution in [1.29, 1.82) is 0 Å². The highest BCUT2D eigenvalue weighted by Crippen LogP contribution is 2.16. The van der Waals surface area contributed by atoms with Crippen molar-refractivity contribution in [3.05, 3.63) is 45.0 Å². The summed E-state index contributed by atoms with van der Waals surface area (Å²) in [6, 6.07) is 4.00. The Balaban J connectivity index is 0.000000972. The van der Waals surface area contributed by atoms with Crippen LogP contribution in [0.25, 0.3) is 0 Å². The number of hydrogen-bond donors (Lipinski definition) is 3. The molecule has 0 atom stereocenters. The maximum absolute atomic E-state index is 10.4. The van der Waals surface area contributed by atoms with Gasteiger partial charge in [0.05, 0.1) is 17.2 Å². The molecule has 1 aromatic heterocycles. The van der Waals surface area contributed by atoms with Crippen molar-refractivity contribution in [3.8, 4) is 0 Å². The minimum Gasteiger partial charge on any atom is -0.473 e. The molecule has 0 saturated carbocycles. The van der Waals surface area contributed by atoms with Crippen LogP contribution < -0.4 is 5.32 Å². The first kappa shape index (κ1) is 24.8. The Morgan fingerprint density at radius 2 is 1.89 bits per heavy atom. The fourth-order valence-corrected chi connectivity index (χ4v) is 2.77. The highest BCUT2D eigenvalue weighted by molar-refractivity contribution is 8.02. The zero-order valence-electron chi connectivity index (χ0n) is 15.2. The first-order valence-electron chi connectivity index (χ1n) is 7.55. The summed E-state index contributed by atoms with van der Waals surface area (Å²) < 4.78 is 5.71. The summed E-state index contributed by atoms with van der Waals surface area (Å²) in [6.07, 6.45) is 2.81. The minimum absolute atomic E-state index is 0.443. The van der Waals surface area contributed by atoms with E-state index in [1.165, 1.54) is 11.8 Å². The minimum atomic E-state index is -1.82. The fourth-order valence-electron chi connectivity index (χ4n) is 1.58. The van der Waals surface area contributed by atoms with Gasteiger partial charge >= 0.3 is 11.9 Å². The van der Waals surface area contributed by atoms with Crippen molar-refractivity contribution in [3.63, 3.8) is 0 Å². The highest BCUT2D eigenvalue weighted by atomic mass is 32.2. The van der Waals surface area contributed by atoms with Gasteiger partial charge in [0, 0.05) is 12.3 Å². The lowest BCUT2D eigenvalue weighted by atomic mass is 10.4. The zero-order valence-corrected chi connectivity index (χ0v) is 16.8. The number of carbonyl (C=O) groups is 2. The second-order valence-electron chi connectivity index (χ2n) is 5.18. The van der Waals surface area contributed by atoms with E-state index in [1.807, 2.05) is 32.5 Å². The molecular formula is C15H23N3O7S2. The molecule has 0 unspecified atom stereocenters. The van der Waals surface area contributed by atoms with Crippen LogP contribution >= 0.6 is 23.5 Å². The largest absolute Gasteiger partial charge is 0.473 e. The SMILES string of the molecule is CS/C(=C\[N+](=O)[O-])NCCSCc1ccc(CN(C)C)o1.O=C(O)C(=O)O. The number of aliphatic carboxylic acids is 2. The number of hydrogen-bond acceptors (Lipinski definition) is 9. The molecule has 1 rings (SSSR count). The third-order valence-corrected chi connectivity index (χ3v) is 4.28. The molecule has 1 heterocycles. The predicted molar refractivity (Wildman–Crippen MR) is 104 cm³/mol. The van der Waals surface area contributed by atoms with Gasteiger partial charge < -0.3 is 24.8 Å². The molecule has 0 bridgehead atoms. The first-order chi connectivity index (χ1) is 12.6. The van der Waals surface area contributed by atoms with Crippen LogP contribution in [-0.2, 0) is 21.9 Å². The lowest BCUT2D eigenvalue weighted by Gasteiger charge is -2.06. The van der Waals surface area contributed by atoms with Crippen molar-refractivity contribution in [2.24, 2.45) is 0 Å². The maximum atomic E-state index is 10.4. The second kappa shape index (κ2) is 13.9. The van der Waals surface area contributed by atoms with Gasteiger partial charge in [-0.05, 0) is 32.5 Å².